The lowest BCUT2D eigenvalue weighted by molar-refractivity contribution is 0.276. The van der Waals surface area contributed by atoms with Gasteiger partial charge < -0.3 is 10.4 Å². The summed E-state index contributed by atoms with van der Waals surface area (Å²) in [6.45, 7) is -0.0372. The van der Waals surface area contributed by atoms with Gasteiger partial charge in [-0.1, -0.05) is 51.3 Å². The molecule has 5 heteroatoms. The summed E-state index contributed by atoms with van der Waals surface area (Å²) in [5, 5.41) is 13.8. The predicted molar refractivity (Wildman–Crippen MR) is 84.1 cm³/mol. The van der Waals surface area contributed by atoms with Crippen LogP contribution in [0.15, 0.2) is 46.9 Å². The smallest absolute Gasteiger partial charge is 0.0745 e. The Labute approximate surface area is 130 Å². The summed E-state index contributed by atoms with van der Waals surface area (Å²) < 4.78 is 0.975. The summed E-state index contributed by atoms with van der Waals surface area (Å²) >= 11 is 15.3. The van der Waals surface area contributed by atoms with Crippen LogP contribution in [-0.4, -0.2) is 11.7 Å². The molecular weight excluding hydrogens is 349 g/mol. The fraction of sp³-hybridized carbons (Fsp3) is 0.143. The number of halogens is 3. The molecule has 19 heavy (non-hydrogen) atoms. The second-order valence-corrected chi connectivity index (χ2v) is 5.79. The van der Waals surface area contributed by atoms with Crippen LogP contribution in [0, 0.1) is 0 Å². The number of anilines is 1. The van der Waals surface area contributed by atoms with Crippen LogP contribution in [0.2, 0.25) is 10.0 Å². The molecule has 0 saturated carbocycles. The largest absolute Gasteiger partial charge is 0.394 e. The lowest BCUT2D eigenvalue weighted by Gasteiger charge is -2.18. The minimum absolute atomic E-state index is 0.0372. The van der Waals surface area contributed by atoms with Gasteiger partial charge in [0.15, 0.2) is 0 Å². The average Bonchev–Trinajstić information content (AvgIpc) is 2.39. The molecule has 2 aromatic rings. The Hall–Kier alpha value is -0.740. The van der Waals surface area contributed by atoms with Crippen LogP contribution in [0.3, 0.4) is 0 Å². The molecule has 100 valence electrons. The molecule has 0 aliphatic rings. The standard InChI is InChI=1S/C14H12BrCl2NO/c15-10-2-1-3-11(7-10)18-14(8-19)9-4-5-12(16)13(17)6-9/h1-7,14,18-19H,8H2. The number of rotatable bonds is 4. The van der Waals surface area contributed by atoms with Gasteiger partial charge in [0.2, 0.25) is 0 Å². The van der Waals surface area contributed by atoms with Crippen LogP contribution in [0.4, 0.5) is 5.69 Å². The fourth-order valence-electron chi connectivity index (χ4n) is 1.74. The zero-order chi connectivity index (χ0) is 13.8. The first-order chi connectivity index (χ1) is 9.10. The Morgan fingerprint density at radius 3 is 2.53 bits per heavy atom. The van der Waals surface area contributed by atoms with Crippen LogP contribution in [0.1, 0.15) is 11.6 Å². The van der Waals surface area contributed by atoms with Gasteiger partial charge in [-0.05, 0) is 35.9 Å². The van der Waals surface area contributed by atoms with Crippen molar-refractivity contribution in [3.63, 3.8) is 0 Å². The van der Waals surface area contributed by atoms with Gasteiger partial charge in [0.05, 0.1) is 22.7 Å². The number of hydrogen-bond acceptors (Lipinski definition) is 2. The van der Waals surface area contributed by atoms with E-state index in [1.165, 1.54) is 0 Å². The van der Waals surface area contributed by atoms with Gasteiger partial charge in [-0.2, -0.15) is 0 Å². The second-order valence-electron chi connectivity index (χ2n) is 4.06. The molecule has 2 nitrogen and oxygen atoms in total. The Bertz CT molecular complexity index is 577. The van der Waals surface area contributed by atoms with Gasteiger partial charge >= 0.3 is 0 Å². The molecule has 1 atom stereocenters. The van der Waals surface area contributed by atoms with Crippen molar-refractivity contribution in [1.29, 1.82) is 0 Å². The topological polar surface area (TPSA) is 32.3 Å². The Morgan fingerprint density at radius 1 is 1.11 bits per heavy atom. The molecule has 0 bridgehead atoms. The summed E-state index contributed by atoms with van der Waals surface area (Å²) in [7, 11) is 0. The molecule has 0 fully saturated rings. The predicted octanol–water partition coefficient (Wildman–Crippen LogP) is 4.90. The van der Waals surface area contributed by atoms with Crippen molar-refractivity contribution in [3.8, 4) is 0 Å². The number of aliphatic hydroxyl groups is 1. The van der Waals surface area contributed by atoms with E-state index in [2.05, 4.69) is 21.2 Å². The normalized spacial score (nSPS) is 12.2. The van der Waals surface area contributed by atoms with Crippen LogP contribution in [-0.2, 0) is 0 Å². The van der Waals surface area contributed by atoms with Crippen molar-refractivity contribution < 1.29 is 5.11 Å². The zero-order valence-corrected chi connectivity index (χ0v) is 13.0. The van der Waals surface area contributed by atoms with E-state index in [4.69, 9.17) is 23.2 Å². The number of hydrogen-bond donors (Lipinski definition) is 2. The van der Waals surface area contributed by atoms with Crippen molar-refractivity contribution in [2.75, 3.05) is 11.9 Å². The fourth-order valence-corrected chi connectivity index (χ4v) is 2.45. The first-order valence-electron chi connectivity index (χ1n) is 5.68. The molecular formula is C14H12BrCl2NO. The highest BCUT2D eigenvalue weighted by Gasteiger charge is 2.12. The molecule has 0 heterocycles. The molecule has 0 aliphatic heterocycles. The lowest BCUT2D eigenvalue weighted by atomic mass is 10.1. The molecule has 0 aliphatic carbocycles. The Morgan fingerprint density at radius 2 is 1.89 bits per heavy atom. The highest BCUT2D eigenvalue weighted by atomic mass is 79.9. The van der Waals surface area contributed by atoms with Gasteiger partial charge in [-0.3, -0.25) is 0 Å². The zero-order valence-electron chi connectivity index (χ0n) is 9.91. The van der Waals surface area contributed by atoms with E-state index in [1.807, 2.05) is 30.3 Å². The molecule has 0 saturated heterocycles. The Kier molecular flexibility index (Phi) is 5.11. The highest BCUT2D eigenvalue weighted by Crippen LogP contribution is 2.28. The number of nitrogens with one attached hydrogen (secondary N) is 1. The van der Waals surface area contributed by atoms with Gasteiger partial charge in [0.1, 0.15) is 0 Å². The molecule has 0 aromatic heterocycles. The Balaban J connectivity index is 2.22. The average molecular weight is 361 g/mol. The summed E-state index contributed by atoms with van der Waals surface area (Å²) in [4.78, 5) is 0. The maximum atomic E-state index is 9.52. The van der Waals surface area contributed by atoms with E-state index < -0.39 is 0 Å². The molecule has 0 radical (unpaired) electrons. The summed E-state index contributed by atoms with van der Waals surface area (Å²) in [5.74, 6) is 0. The number of benzene rings is 2. The monoisotopic (exact) mass is 359 g/mol. The third kappa shape index (κ3) is 3.86. The van der Waals surface area contributed by atoms with E-state index in [0.29, 0.717) is 10.0 Å². The van der Waals surface area contributed by atoms with E-state index >= 15 is 0 Å². The van der Waals surface area contributed by atoms with E-state index in [9.17, 15) is 5.11 Å². The van der Waals surface area contributed by atoms with E-state index in [1.54, 1.807) is 12.1 Å². The maximum Gasteiger partial charge on any atom is 0.0745 e. The van der Waals surface area contributed by atoms with Gasteiger partial charge in [-0.25, -0.2) is 0 Å². The van der Waals surface area contributed by atoms with Crippen molar-refractivity contribution in [3.05, 3.63) is 62.5 Å². The third-order valence-electron chi connectivity index (χ3n) is 2.69. The van der Waals surface area contributed by atoms with Gasteiger partial charge in [0.25, 0.3) is 0 Å². The number of aliphatic hydroxyl groups excluding tert-OH is 1. The summed E-state index contributed by atoms with van der Waals surface area (Å²) in [6.07, 6.45) is 0. The third-order valence-corrected chi connectivity index (χ3v) is 3.93. The molecule has 2 aromatic carbocycles. The minimum Gasteiger partial charge on any atom is -0.394 e. The summed E-state index contributed by atoms with van der Waals surface area (Å²) in [5.41, 5.74) is 1.80. The van der Waals surface area contributed by atoms with Crippen LogP contribution in [0.5, 0.6) is 0 Å². The molecule has 1 unspecified atom stereocenters. The first kappa shape index (κ1) is 14.7. The van der Waals surface area contributed by atoms with Crippen LogP contribution in [0.25, 0.3) is 0 Å². The SMILES string of the molecule is OCC(Nc1cccc(Br)c1)c1ccc(Cl)c(Cl)c1. The first-order valence-corrected chi connectivity index (χ1v) is 7.23. The van der Waals surface area contributed by atoms with E-state index in [-0.39, 0.29) is 12.6 Å². The summed E-state index contributed by atoms with van der Waals surface area (Å²) in [6, 6.07) is 12.9. The molecule has 0 spiro atoms. The van der Waals surface area contributed by atoms with Crippen molar-refractivity contribution >= 4 is 44.8 Å². The van der Waals surface area contributed by atoms with Gasteiger partial charge in [0, 0.05) is 10.2 Å². The lowest BCUT2D eigenvalue weighted by Crippen LogP contribution is -2.14. The molecule has 2 N–H and O–H groups in total. The van der Waals surface area contributed by atoms with Crippen LogP contribution >= 0.6 is 39.1 Å². The molecule has 2 rings (SSSR count). The van der Waals surface area contributed by atoms with Gasteiger partial charge in [-0.15, -0.1) is 0 Å². The van der Waals surface area contributed by atoms with Crippen molar-refractivity contribution in [2.45, 2.75) is 6.04 Å². The quantitative estimate of drug-likeness (QED) is 0.812. The van der Waals surface area contributed by atoms with Crippen LogP contribution < -0.4 is 5.32 Å². The highest BCUT2D eigenvalue weighted by molar-refractivity contribution is 9.10. The maximum absolute atomic E-state index is 9.52. The molecule has 0 amide bonds. The van der Waals surface area contributed by atoms with E-state index in [0.717, 1.165) is 15.7 Å². The van der Waals surface area contributed by atoms with Crippen molar-refractivity contribution in [1.82, 2.24) is 0 Å². The minimum atomic E-state index is -0.232. The second kappa shape index (κ2) is 6.62. The van der Waals surface area contributed by atoms with Crippen molar-refractivity contribution in [2.24, 2.45) is 0 Å².